The topological polar surface area (TPSA) is 54.7 Å². The summed E-state index contributed by atoms with van der Waals surface area (Å²) >= 11 is 11.6. The Hall–Kier alpha value is -1.91. The summed E-state index contributed by atoms with van der Waals surface area (Å²) in [6, 6.07) is 11.4. The SMILES string of the molecule is Cc1cc(Cl)cc(C(=S)c2nc3ccccc3[nH]2)c1N. The summed E-state index contributed by atoms with van der Waals surface area (Å²) in [7, 11) is 0. The Morgan fingerprint density at radius 3 is 2.80 bits per heavy atom. The molecule has 0 bridgehead atoms. The lowest BCUT2D eigenvalue weighted by Crippen LogP contribution is -2.07. The fourth-order valence-corrected chi connectivity index (χ4v) is 2.67. The number of fused-ring (bicyclic) bond motifs is 1. The maximum Gasteiger partial charge on any atom is 0.150 e. The van der Waals surface area contributed by atoms with Gasteiger partial charge in [-0.25, -0.2) is 4.98 Å². The lowest BCUT2D eigenvalue weighted by Gasteiger charge is -2.09. The van der Waals surface area contributed by atoms with Crippen LogP contribution in [0.4, 0.5) is 5.69 Å². The molecule has 0 unspecified atom stereocenters. The molecule has 0 spiro atoms. The van der Waals surface area contributed by atoms with Gasteiger partial charge >= 0.3 is 0 Å². The normalized spacial score (nSPS) is 10.9. The number of nitrogen functional groups attached to an aromatic ring is 1. The molecule has 0 amide bonds. The second kappa shape index (κ2) is 4.89. The molecule has 0 aliphatic carbocycles. The number of aromatic nitrogens is 2. The van der Waals surface area contributed by atoms with Crippen molar-refractivity contribution in [3.05, 3.63) is 58.4 Å². The van der Waals surface area contributed by atoms with Crippen LogP contribution in [-0.2, 0) is 0 Å². The van der Waals surface area contributed by atoms with Crippen molar-refractivity contribution in [2.75, 3.05) is 5.73 Å². The minimum Gasteiger partial charge on any atom is -0.398 e. The van der Waals surface area contributed by atoms with E-state index in [1.165, 1.54) is 0 Å². The smallest absolute Gasteiger partial charge is 0.150 e. The molecule has 100 valence electrons. The first-order valence-corrected chi connectivity index (χ1v) is 6.90. The van der Waals surface area contributed by atoms with E-state index in [9.17, 15) is 0 Å². The number of para-hydroxylation sites is 2. The van der Waals surface area contributed by atoms with E-state index in [1.807, 2.05) is 37.3 Å². The van der Waals surface area contributed by atoms with E-state index in [1.54, 1.807) is 6.07 Å². The first-order valence-electron chi connectivity index (χ1n) is 6.11. The molecule has 3 N–H and O–H groups in total. The zero-order chi connectivity index (χ0) is 14.3. The number of aromatic amines is 1. The van der Waals surface area contributed by atoms with Crippen LogP contribution in [0.1, 0.15) is 17.0 Å². The number of H-pyrrole nitrogens is 1. The van der Waals surface area contributed by atoms with Crippen LogP contribution in [0, 0.1) is 6.92 Å². The molecule has 3 nitrogen and oxygen atoms in total. The van der Waals surface area contributed by atoms with Crippen molar-refractivity contribution < 1.29 is 0 Å². The number of halogens is 1. The molecule has 0 saturated carbocycles. The lowest BCUT2D eigenvalue weighted by molar-refractivity contribution is 1.30. The molecule has 0 radical (unpaired) electrons. The van der Waals surface area contributed by atoms with Crippen molar-refractivity contribution in [3.8, 4) is 0 Å². The Morgan fingerprint density at radius 2 is 2.05 bits per heavy atom. The van der Waals surface area contributed by atoms with Crippen molar-refractivity contribution in [2.24, 2.45) is 0 Å². The van der Waals surface area contributed by atoms with E-state index in [0.717, 1.165) is 22.2 Å². The number of nitrogens with two attached hydrogens (primary N) is 1. The van der Waals surface area contributed by atoms with Gasteiger partial charge in [-0.1, -0.05) is 36.0 Å². The molecule has 1 aromatic heterocycles. The first kappa shape index (κ1) is 13.1. The molecule has 3 rings (SSSR count). The fourth-order valence-electron chi connectivity index (χ4n) is 2.13. The predicted octanol–water partition coefficient (Wildman–Crippen LogP) is 3.87. The van der Waals surface area contributed by atoms with Crippen LogP contribution in [0.25, 0.3) is 11.0 Å². The first-order chi connectivity index (χ1) is 9.56. The van der Waals surface area contributed by atoms with Gasteiger partial charge in [-0.3, -0.25) is 0 Å². The van der Waals surface area contributed by atoms with Crippen molar-refractivity contribution in [1.29, 1.82) is 0 Å². The van der Waals surface area contributed by atoms with Crippen molar-refractivity contribution >= 4 is 45.4 Å². The molecule has 5 heteroatoms. The van der Waals surface area contributed by atoms with Gasteiger partial charge in [-0.05, 0) is 36.8 Å². The van der Waals surface area contributed by atoms with E-state index in [-0.39, 0.29) is 0 Å². The highest BCUT2D eigenvalue weighted by Gasteiger charge is 2.14. The zero-order valence-corrected chi connectivity index (χ0v) is 12.3. The molecular weight excluding hydrogens is 290 g/mol. The number of thiocarbonyl (C=S) groups is 1. The van der Waals surface area contributed by atoms with E-state index in [0.29, 0.717) is 21.4 Å². The fraction of sp³-hybridized carbons (Fsp3) is 0.0667. The van der Waals surface area contributed by atoms with Gasteiger partial charge in [0.15, 0.2) is 0 Å². The second-order valence-electron chi connectivity index (χ2n) is 4.62. The maximum atomic E-state index is 6.10. The second-order valence-corrected chi connectivity index (χ2v) is 5.46. The highest BCUT2D eigenvalue weighted by Crippen LogP contribution is 2.25. The summed E-state index contributed by atoms with van der Waals surface area (Å²) in [5.41, 5.74) is 10.2. The van der Waals surface area contributed by atoms with Crippen molar-refractivity contribution in [3.63, 3.8) is 0 Å². The van der Waals surface area contributed by atoms with E-state index >= 15 is 0 Å². The number of imidazole rings is 1. The molecule has 0 atom stereocenters. The molecule has 20 heavy (non-hydrogen) atoms. The van der Waals surface area contributed by atoms with Gasteiger partial charge < -0.3 is 10.7 Å². The summed E-state index contributed by atoms with van der Waals surface area (Å²) in [5, 5.41) is 0.616. The Bertz CT molecular complexity index is 790. The number of nitrogens with one attached hydrogen (secondary N) is 1. The minimum absolute atomic E-state index is 0.573. The van der Waals surface area contributed by atoms with Crippen LogP contribution < -0.4 is 5.73 Å². The predicted molar refractivity (Wildman–Crippen MR) is 87.5 cm³/mol. The summed E-state index contributed by atoms with van der Waals surface area (Å²) in [4.78, 5) is 8.28. The van der Waals surface area contributed by atoms with Crippen molar-refractivity contribution in [1.82, 2.24) is 9.97 Å². The Kier molecular flexibility index (Phi) is 3.20. The number of aryl methyl sites for hydroxylation is 1. The molecule has 0 saturated heterocycles. The average molecular weight is 302 g/mol. The van der Waals surface area contributed by atoms with Gasteiger partial charge in [0, 0.05) is 16.3 Å². The number of hydrogen-bond donors (Lipinski definition) is 2. The van der Waals surface area contributed by atoms with Gasteiger partial charge in [0.05, 0.1) is 15.9 Å². The van der Waals surface area contributed by atoms with Crippen LogP contribution in [0.3, 0.4) is 0 Å². The van der Waals surface area contributed by atoms with Crippen LogP contribution in [0.2, 0.25) is 5.02 Å². The van der Waals surface area contributed by atoms with Gasteiger partial charge in [0.25, 0.3) is 0 Å². The maximum absolute atomic E-state index is 6.10. The molecular formula is C15H12ClN3S. The molecule has 1 heterocycles. The summed E-state index contributed by atoms with van der Waals surface area (Å²) in [5.74, 6) is 0.634. The van der Waals surface area contributed by atoms with Gasteiger partial charge in [-0.15, -0.1) is 0 Å². The number of nitrogens with zero attached hydrogens (tertiary/aromatic N) is 1. The number of hydrogen-bond acceptors (Lipinski definition) is 3. The van der Waals surface area contributed by atoms with Gasteiger partial charge in [-0.2, -0.15) is 0 Å². The van der Waals surface area contributed by atoms with E-state index < -0.39 is 0 Å². The monoisotopic (exact) mass is 301 g/mol. The van der Waals surface area contributed by atoms with E-state index in [2.05, 4.69) is 9.97 Å². The Balaban J connectivity index is 2.13. The number of anilines is 1. The van der Waals surface area contributed by atoms with Crippen molar-refractivity contribution in [2.45, 2.75) is 6.92 Å². The van der Waals surface area contributed by atoms with Gasteiger partial charge in [0.2, 0.25) is 0 Å². The molecule has 0 aliphatic heterocycles. The summed E-state index contributed by atoms with van der Waals surface area (Å²) in [6.45, 7) is 1.91. The Labute approximate surface area is 126 Å². The molecule has 0 aliphatic rings. The lowest BCUT2D eigenvalue weighted by atomic mass is 10.1. The highest BCUT2D eigenvalue weighted by atomic mass is 35.5. The molecule has 2 aromatic carbocycles. The molecule has 3 aromatic rings. The summed E-state index contributed by atoms with van der Waals surface area (Å²) < 4.78 is 0. The Morgan fingerprint density at radius 1 is 1.30 bits per heavy atom. The summed E-state index contributed by atoms with van der Waals surface area (Å²) in [6.07, 6.45) is 0. The highest BCUT2D eigenvalue weighted by molar-refractivity contribution is 7.81. The van der Waals surface area contributed by atoms with E-state index in [4.69, 9.17) is 29.6 Å². The van der Waals surface area contributed by atoms with Crippen LogP contribution >= 0.6 is 23.8 Å². The third kappa shape index (κ3) is 2.17. The minimum atomic E-state index is 0.573. The number of benzene rings is 2. The van der Waals surface area contributed by atoms with Crippen LogP contribution in [0.5, 0.6) is 0 Å². The van der Waals surface area contributed by atoms with Crippen LogP contribution in [0.15, 0.2) is 36.4 Å². The largest absolute Gasteiger partial charge is 0.398 e. The average Bonchev–Trinajstić information content (AvgIpc) is 2.86. The zero-order valence-electron chi connectivity index (χ0n) is 10.8. The van der Waals surface area contributed by atoms with Gasteiger partial charge in [0.1, 0.15) is 5.82 Å². The molecule has 0 fully saturated rings. The van der Waals surface area contributed by atoms with Crippen LogP contribution in [-0.4, -0.2) is 14.8 Å². The quantitative estimate of drug-likeness (QED) is 0.429. The third-order valence-corrected chi connectivity index (χ3v) is 3.83. The third-order valence-electron chi connectivity index (χ3n) is 3.20. The number of rotatable bonds is 2. The standard InChI is InChI=1S/C15H12ClN3S/c1-8-6-9(16)7-10(13(8)17)14(20)15-18-11-4-2-3-5-12(11)19-15/h2-7H,17H2,1H3,(H,18,19).